The average Bonchev–Trinajstić information content (AvgIpc) is 2.37. The van der Waals surface area contributed by atoms with E-state index in [1.54, 1.807) is 37.4 Å². The number of carboxylic acids is 1. The molecule has 20 heavy (non-hydrogen) atoms. The van der Waals surface area contributed by atoms with Crippen LogP contribution >= 0.6 is 0 Å². The summed E-state index contributed by atoms with van der Waals surface area (Å²) in [6, 6.07) is 7.92. The van der Waals surface area contributed by atoms with Crippen molar-refractivity contribution in [3.63, 3.8) is 0 Å². The summed E-state index contributed by atoms with van der Waals surface area (Å²) in [5.41, 5.74) is 0.437. The van der Waals surface area contributed by atoms with E-state index in [-0.39, 0.29) is 10.5 Å². The molecular formula is C13H13NO5S. The fourth-order valence-corrected chi connectivity index (χ4v) is 2.99. The minimum absolute atomic E-state index is 0.202. The summed E-state index contributed by atoms with van der Waals surface area (Å²) >= 11 is 0. The van der Waals surface area contributed by atoms with Crippen molar-refractivity contribution in [1.29, 1.82) is 0 Å². The van der Waals surface area contributed by atoms with Gasteiger partial charge in [-0.1, -0.05) is 30.3 Å². The first kappa shape index (κ1) is 14.3. The molecule has 7 heteroatoms. The molecule has 1 aromatic rings. The minimum Gasteiger partial charge on any atom is -0.478 e. The zero-order chi connectivity index (χ0) is 14.9. The molecule has 1 atom stereocenters. The maximum Gasteiger partial charge on any atom is 0.337 e. The molecule has 0 bridgehead atoms. The van der Waals surface area contributed by atoms with E-state index in [1.807, 2.05) is 0 Å². The van der Waals surface area contributed by atoms with Crippen LogP contribution in [0.2, 0.25) is 0 Å². The maximum absolute atomic E-state index is 11.5. The minimum atomic E-state index is -4.51. The molecule has 0 radical (unpaired) electrons. The standard InChI is InChI=1S/C13H13NO5S/c1-14-8-10(13(15)16)7-11(20(17,18)19)12(14)9-5-3-2-4-6-9/h2-8,12H,1H3,(H,15,16)(H,17,18,19). The van der Waals surface area contributed by atoms with Gasteiger partial charge in [0.1, 0.15) is 0 Å². The summed E-state index contributed by atoms with van der Waals surface area (Å²) in [5, 5.41) is 8.98. The summed E-state index contributed by atoms with van der Waals surface area (Å²) in [4.78, 5) is 12.1. The Morgan fingerprint density at radius 3 is 2.35 bits per heavy atom. The topological polar surface area (TPSA) is 94.9 Å². The van der Waals surface area contributed by atoms with E-state index >= 15 is 0 Å². The van der Waals surface area contributed by atoms with Gasteiger partial charge < -0.3 is 10.0 Å². The second kappa shape index (κ2) is 5.10. The number of benzene rings is 1. The van der Waals surface area contributed by atoms with Crippen LogP contribution in [0.1, 0.15) is 11.6 Å². The van der Waals surface area contributed by atoms with Crippen LogP contribution in [0, 0.1) is 0 Å². The molecule has 1 heterocycles. The van der Waals surface area contributed by atoms with Crippen LogP contribution in [0.25, 0.3) is 0 Å². The van der Waals surface area contributed by atoms with E-state index in [0.717, 1.165) is 6.08 Å². The fraction of sp³-hybridized carbons (Fsp3) is 0.154. The van der Waals surface area contributed by atoms with Crippen molar-refractivity contribution in [2.75, 3.05) is 7.05 Å². The number of nitrogens with zero attached hydrogens (tertiary/aromatic N) is 1. The molecule has 6 nitrogen and oxygen atoms in total. The molecule has 1 aliphatic rings. The second-order valence-electron chi connectivity index (χ2n) is 4.39. The zero-order valence-electron chi connectivity index (χ0n) is 10.6. The molecule has 0 amide bonds. The van der Waals surface area contributed by atoms with E-state index in [2.05, 4.69) is 0 Å². The summed E-state index contributed by atoms with van der Waals surface area (Å²) in [6.45, 7) is 0. The molecule has 1 unspecified atom stereocenters. The van der Waals surface area contributed by atoms with Crippen molar-refractivity contribution in [3.8, 4) is 0 Å². The second-order valence-corrected chi connectivity index (χ2v) is 5.81. The predicted octanol–water partition coefficient (Wildman–Crippen LogP) is 1.41. The Morgan fingerprint density at radius 1 is 1.25 bits per heavy atom. The first-order valence-corrected chi connectivity index (χ1v) is 7.16. The Bertz CT molecular complexity index is 691. The van der Waals surface area contributed by atoms with Crippen molar-refractivity contribution in [3.05, 3.63) is 58.6 Å². The van der Waals surface area contributed by atoms with Gasteiger partial charge in [0.25, 0.3) is 10.1 Å². The Hall–Kier alpha value is -2.12. The summed E-state index contributed by atoms with van der Waals surface area (Å²) in [5.74, 6) is -1.26. The van der Waals surface area contributed by atoms with Crippen LogP contribution in [-0.2, 0) is 14.9 Å². The lowest BCUT2D eigenvalue weighted by Crippen LogP contribution is -2.29. The third kappa shape index (κ3) is 2.73. The Balaban J connectivity index is 2.59. The molecule has 0 saturated carbocycles. The number of rotatable bonds is 3. The number of likely N-dealkylation sites (N-methyl/N-ethyl adjacent to an activating group) is 1. The first-order valence-electron chi connectivity index (χ1n) is 5.72. The highest BCUT2D eigenvalue weighted by Gasteiger charge is 2.32. The maximum atomic E-state index is 11.5. The van der Waals surface area contributed by atoms with Crippen molar-refractivity contribution in [1.82, 2.24) is 4.90 Å². The van der Waals surface area contributed by atoms with Gasteiger partial charge in [0.05, 0.1) is 16.5 Å². The van der Waals surface area contributed by atoms with Crippen molar-refractivity contribution < 1.29 is 22.9 Å². The lowest BCUT2D eigenvalue weighted by molar-refractivity contribution is -0.132. The summed E-state index contributed by atoms with van der Waals surface area (Å²) in [6.07, 6.45) is 2.31. The molecule has 106 valence electrons. The SMILES string of the molecule is CN1C=C(C(=O)O)C=C(S(=O)(=O)O)C1c1ccccc1. The van der Waals surface area contributed by atoms with Crippen LogP contribution in [0.15, 0.2) is 53.1 Å². The smallest absolute Gasteiger partial charge is 0.337 e. The quantitative estimate of drug-likeness (QED) is 0.819. The van der Waals surface area contributed by atoms with Gasteiger partial charge in [0.15, 0.2) is 0 Å². The molecule has 1 aromatic carbocycles. The lowest BCUT2D eigenvalue weighted by Gasteiger charge is -2.31. The predicted molar refractivity (Wildman–Crippen MR) is 72.3 cm³/mol. The monoisotopic (exact) mass is 295 g/mol. The van der Waals surface area contributed by atoms with E-state index < -0.39 is 22.1 Å². The van der Waals surface area contributed by atoms with Gasteiger partial charge in [-0.2, -0.15) is 8.42 Å². The molecular weight excluding hydrogens is 282 g/mol. The van der Waals surface area contributed by atoms with Gasteiger partial charge in [-0.25, -0.2) is 4.79 Å². The molecule has 0 saturated heterocycles. The average molecular weight is 295 g/mol. The first-order chi connectivity index (χ1) is 9.30. The zero-order valence-corrected chi connectivity index (χ0v) is 11.4. The highest BCUT2D eigenvalue weighted by molar-refractivity contribution is 7.89. The number of carboxylic acid groups (broad SMARTS) is 1. The lowest BCUT2D eigenvalue weighted by atomic mass is 10.0. The van der Waals surface area contributed by atoms with E-state index in [4.69, 9.17) is 5.11 Å². The molecule has 0 aromatic heterocycles. The van der Waals surface area contributed by atoms with Gasteiger partial charge in [-0.05, 0) is 11.6 Å². The van der Waals surface area contributed by atoms with Crippen LogP contribution in [-0.4, -0.2) is 36.0 Å². The largest absolute Gasteiger partial charge is 0.478 e. The Morgan fingerprint density at radius 2 is 1.85 bits per heavy atom. The molecule has 1 aliphatic heterocycles. The summed E-state index contributed by atoms with van der Waals surface area (Å²) in [7, 11) is -2.95. The van der Waals surface area contributed by atoms with Crippen molar-refractivity contribution >= 4 is 16.1 Å². The Kier molecular flexibility index (Phi) is 3.65. The fourth-order valence-electron chi connectivity index (χ4n) is 2.13. The van der Waals surface area contributed by atoms with Gasteiger partial charge in [0.2, 0.25) is 0 Å². The molecule has 0 fully saturated rings. The summed E-state index contributed by atoms with van der Waals surface area (Å²) < 4.78 is 32.4. The normalized spacial score (nSPS) is 19.3. The van der Waals surface area contributed by atoms with Gasteiger partial charge in [0, 0.05) is 13.2 Å². The molecule has 0 aliphatic carbocycles. The number of aliphatic carboxylic acids is 1. The number of hydrogen-bond donors (Lipinski definition) is 2. The van der Waals surface area contributed by atoms with Gasteiger partial charge >= 0.3 is 5.97 Å². The molecule has 0 spiro atoms. The van der Waals surface area contributed by atoms with E-state index in [9.17, 15) is 17.8 Å². The molecule has 2 N–H and O–H groups in total. The number of carbonyl (C=O) groups is 1. The van der Waals surface area contributed by atoms with E-state index in [1.165, 1.54) is 11.1 Å². The van der Waals surface area contributed by atoms with Crippen LogP contribution in [0.3, 0.4) is 0 Å². The molecule has 2 rings (SSSR count). The van der Waals surface area contributed by atoms with Crippen molar-refractivity contribution in [2.45, 2.75) is 6.04 Å². The highest BCUT2D eigenvalue weighted by Crippen LogP contribution is 2.35. The third-order valence-corrected chi connectivity index (χ3v) is 3.91. The Labute approximate surface area is 116 Å². The van der Waals surface area contributed by atoms with E-state index in [0.29, 0.717) is 5.56 Å². The van der Waals surface area contributed by atoms with Crippen LogP contribution < -0.4 is 0 Å². The van der Waals surface area contributed by atoms with Crippen molar-refractivity contribution in [2.24, 2.45) is 0 Å². The van der Waals surface area contributed by atoms with Gasteiger partial charge in [-0.3, -0.25) is 4.55 Å². The highest BCUT2D eigenvalue weighted by atomic mass is 32.2. The van der Waals surface area contributed by atoms with Crippen LogP contribution in [0.5, 0.6) is 0 Å². The van der Waals surface area contributed by atoms with Crippen LogP contribution in [0.4, 0.5) is 0 Å². The third-order valence-electron chi connectivity index (χ3n) is 2.98. The van der Waals surface area contributed by atoms with Gasteiger partial charge in [-0.15, -0.1) is 0 Å². The number of hydrogen-bond acceptors (Lipinski definition) is 4.